The van der Waals surface area contributed by atoms with Gasteiger partial charge >= 0.3 is 0 Å². The quantitative estimate of drug-likeness (QED) is 0.459. The van der Waals surface area contributed by atoms with Crippen molar-refractivity contribution < 1.29 is 9.13 Å². The highest BCUT2D eigenvalue weighted by Gasteiger charge is 2.01. The minimum absolute atomic E-state index is 0.0870. The van der Waals surface area contributed by atoms with Crippen LogP contribution < -0.4 is 10.5 Å². The fourth-order valence-corrected chi connectivity index (χ4v) is 1.29. The van der Waals surface area contributed by atoms with Crippen molar-refractivity contribution in [3.8, 4) is 5.75 Å². The average Bonchev–Trinajstić information content (AvgIpc) is 2.22. The summed E-state index contributed by atoms with van der Waals surface area (Å²) in [6, 6.07) is 4.34. The third-order valence-electron chi connectivity index (χ3n) is 2.00. The van der Waals surface area contributed by atoms with Crippen molar-refractivity contribution >= 4 is 17.4 Å². The molecule has 1 aromatic carbocycles. The maximum absolute atomic E-state index is 13.0. The maximum Gasteiger partial charge on any atom is 0.145 e. The van der Waals surface area contributed by atoms with E-state index in [0.717, 1.165) is 12.8 Å². The van der Waals surface area contributed by atoms with Crippen LogP contribution in [0.25, 0.3) is 0 Å². The Morgan fingerprint density at radius 3 is 2.81 bits per heavy atom. The summed E-state index contributed by atoms with van der Waals surface area (Å²) in [7, 11) is 0. The molecule has 3 nitrogen and oxygen atoms in total. The van der Waals surface area contributed by atoms with Gasteiger partial charge in [0.05, 0.1) is 17.5 Å². The molecule has 0 aromatic heterocycles. The fourth-order valence-electron chi connectivity index (χ4n) is 1.17. The second-order valence-electron chi connectivity index (χ2n) is 3.41. The summed E-state index contributed by atoms with van der Waals surface area (Å²) in [5.74, 6) is 0.158. The topological polar surface area (TPSA) is 59.1 Å². The largest absolute Gasteiger partial charge is 0.493 e. The van der Waals surface area contributed by atoms with E-state index in [1.165, 1.54) is 12.1 Å². The second-order valence-corrected chi connectivity index (χ2v) is 3.81. The van der Waals surface area contributed by atoms with Gasteiger partial charge < -0.3 is 10.5 Å². The smallest absolute Gasteiger partial charge is 0.145 e. The summed E-state index contributed by atoms with van der Waals surface area (Å²) < 4.78 is 18.3. The van der Waals surface area contributed by atoms with Gasteiger partial charge in [0.15, 0.2) is 0 Å². The molecule has 0 radical (unpaired) electrons. The van der Waals surface area contributed by atoms with Crippen molar-refractivity contribution in [3.05, 3.63) is 29.0 Å². The van der Waals surface area contributed by atoms with E-state index >= 15 is 0 Å². The molecule has 0 heterocycles. The van der Waals surface area contributed by atoms with E-state index in [0.29, 0.717) is 18.8 Å². The molecule has 0 amide bonds. The number of amidine groups is 1. The van der Waals surface area contributed by atoms with Crippen molar-refractivity contribution in [1.82, 2.24) is 0 Å². The molecule has 0 saturated carbocycles. The second kappa shape index (κ2) is 6.33. The number of rotatable bonds is 6. The van der Waals surface area contributed by atoms with Crippen LogP contribution >= 0.6 is 11.6 Å². The Hall–Kier alpha value is -1.29. The van der Waals surface area contributed by atoms with Crippen LogP contribution in [0.5, 0.6) is 5.75 Å². The van der Waals surface area contributed by atoms with Gasteiger partial charge in [0.25, 0.3) is 0 Å². The zero-order valence-corrected chi connectivity index (χ0v) is 9.56. The molecule has 0 fully saturated rings. The summed E-state index contributed by atoms with van der Waals surface area (Å²) in [6.45, 7) is 0.481. The van der Waals surface area contributed by atoms with Gasteiger partial charge in [-0.05, 0) is 25.0 Å². The Morgan fingerprint density at radius 1 is 1.44 bits per heavy atom. The van der Waals surface area contributed by atoms with Crippen molar-refractivity contribution in [2.24, 2.45) is 5.73 Å². The van der Waals surface area contributed by atoms with Gasteiger partial charge in [0.2, 0.25) is 0 Å². The Balaban J connectivity index is 2.27. The van der Waals surface area contributed by atoms with E-state index in [1.807, 2.05) is 0 Å². The molecule has 0 aliphatic carbocycles. The predicted octanol–water partition coefficient (Wildman–Crippen LogP) is 2.96. The first kappa shape index (κ1) is 12.8. The lowest BCUT2D eigenvalue weighted by Crippen LogP contribution is -2.09. The number of nitrogens with one attached hydrogen (secondary N) is 1. The van der Waals surface area contributed by atoms with Crippen LogP contribution in [0.4, 0.5) is 4.39 Å². The van der Waals surface area contributed by atoms with Crippen LogP contribution in [0.3, 0.4) is 0 Å². The normalized spacial score (nSPS) is 10.1. The molecule has 0 aliphatic rings. The highest BCUT2D eigenvalue weighted by molar-refractivity contribution is 6.30. The molecular formula is C11H14ClFN2O. The molecule has 0 spiro atoms. The molecule has 0 saturated heterocycles. The molecular weight excluding hydrogens is 231 g/mol. The number of hydrogen-bond donors (Lipinski definition) is 2. The maximum atomic E-state index is 13.0. The van der Waals surface area contributed by atoms with E-state index in [1.54, 1.807) is 6.07 Å². The molecule has 3 N–H and O–H groups in total. The Kier molecular flexibility index (Phi) is 5.05. The first-order chi connectivity index (χ1) is 7.59. The average molecular weight is 245 g/mol. The first-order valence-corrected chi connectivity index (χ1v) is 5.38. The standard InChI is InChI=1S/C11H14ClFN2O/c12-9-5-4-8(7-10(9)13)16-6-2-1-3-11(14)15/h4-5,7H,1-3,6H2,(H3,14,15). The van der Waals surface area contributed by atoms with E-state index < -0.39 is 5.82 Å². The Bertz CT molecular complexity index is 371. The minimum atomic E-state index is -0.483. The summed E-state index contributed by atoms with van der Waals surface area (Å²) in [6.07, 6.45) is 2.15. The molecule has 88 valence electrons. The van der Waals surface area contributed by atoms with Crippen LogP contribution in [0.1, 0.15) is 19.3 Å². The number of unbranched alkanes of at least 4 members (excludes halogenated alkanes) is 1. The molecule has 0 bridgehead atoms. The first-order valence-electron chi connectivity index (χ1n) is 5.00. The van der Waals surface area contributed by atoms with Gasteiger partial charge in [0, 0.05) is 12.5 Å². The van der Waals surface area contributed by atoms with Gasteiger partial charge in [-0.2, -0.15) is 0 Å². The summed E-state index contributed by atoms with van der Waals surface area (Å²) in [5, 5.41) is 7.11. The van der Waals surface area contributed by atoms with Crippen LogP contribution in [0, 0.1) is 11.2 Å². The summed E-state index contributed by atoms with van der Waals surface area (Å²) >= 11 is 5.53. The van der Waals surface area contributed by atoms with E-state index in [2.05, 4.69) is 0 Å². The van der Waals surface area contributed by atoms with Crippen LogP contribution in [-0.2, 0) is 0 Å². The zero-order chi connectivity index (χ0) is 12.0. The van der Waals surface area contributed by atoms with E-state index in [4.69, 9.17) is 27.5 Å². The van der Waals surface area contributed by atoms with Crippen molar-refractivity contribution in [2.75, 3.05) is 6.61 Å². The lowest BCUT2D eigenvalue weighted by molar-refractivity contribution is 0.306. The van der Waals surface area contributed by atoms with Gasteiger partial charge in [-0.25, -0.2) is 4.39 Å². The lowest BCUT2D eigenvalue weighted by atomic mass is 10.2. The van der Waals surface area contributed by atoms with E-state index in [9.17, 15) is 4.39 Å². The summed E-state index contributed by atoms with van der Waals surface area (Å²) in [5.41, 5.74) is 5.20. The zero-order valence-electron chi connectivity index (χ0n) is 8.80. The monoisotopic (exact) mass is 244 g/mol. The fraction of sp³-hybridized carbons (Fsp3) is 0.364. The molecule has 1 aromatic rings. The van der Waals surface area contributed by atoms with Crippen LogP contribution in [0.15, 0.2) is 18.2 Å². The third kappa shape index (κ3) is 4.49. The summed E-state index contributed by atoms with van der Waals surface area (Å²) in [4.78, 5) is 0. The number of hydrogen-bond acceptors (Lipinski definition) is 2. The number of nitrogens with two attached hydrogens (primary N) is 1. The predicted molar refractivity (Wildman–Crippen MR) is 62.7 cm³/mol. The number of ether oxygens (including phenoxy) is 1. The van der Waals surface area contributed by atoms with Crippen LogP contribution in [-0.4, -0.2) is 12.4 Å². The molecule has 0 unspecified atom stereocenters. The van der Waals surface area contributed by atoms with Gasteiger partial charge in [-0.3, -0.25) is 5.41 Å². The Morgan fingerprint density at radius 2 is 2.19 bits per heavy atom. The van der Waals surface area contributed by atoms with Gasteiger partial charge in [0.1, 0.15) is 11.6 Å². The molecule has 5 heteroatoms. The highest BCUT2D eigenvalue weighted by atomic mass is 35.5. The van der Waals surface area contributed by atoms with Crippen molar-refractivity contribution in [3.63, 3.8) is 0 Å². The molecule has 1 rings (SSSR count). The molecule has 0 atom stereocenters. The molecule has 0 aliphatic heterocycles. The SMILES string of the molecule is N=C(N)CCCCOc1ccc(Cl)c(F)c1. The van der Waals surface area contributed by atoms with Crippen molar-refractivity contribution in [2.45, 2.75) is 19.3 Å². The number of benzene rings is 1. The van der Waals surface area contributed by atoms with Gasteiger partial charge in [-0.1, -0.05) is 11.6 Å². The van der Waals surface area contributed by atoms with Gasteiger partial charge in [-0.15, -0.1) is 0 Å². The molecule has 16 heavy (non-hydrogen) atoms. The van der Waals surface area contributed by atoms with Crippen molar-refractivity contribution in [1.29, 1.82) is 5.41 Å². The number of halogens is 2. The minimum Gasteiger partial charge on any atom is -0.493 e. The Labute approximate surface area is 98.9 Å². The van der Waals surface area contributed by atoms with Crippen LogP contribution in [0.2, 0.25) is 5.02 Å². The third-order valence-corrected chi connectivity index (χ3v) is 2.31. The lowest BCUT2D eigenvalue weighted by Gasteiger charge is -2.06. The van der Waals surface area contributed by atoms with E-state index in [-0.39, 0.29) is 10.9 Å². The highest BCUT2D eigenvalue weighted by Crippen LogP contribution is 2.20.